The monoisotopic (exact) mass is 779 g/mol. The summed E-state index contributed by atoms with van der Waals surface area (Å²) in [6, 6.07) is 0. The number of hydrogen-bond acceptors (Lipinski definition) is 11. The highest BCUT2D eigenvalue weighted by Crippen LogP contribution is 2.65. The molecule has 11 nitrogen and oxygen atoms in total. The predicted molar refractivity (Wildman–Crippen MR) is 219 cm³/mol. The molecule has 0 saturated carbocycles. The lowest BCUT2D eigenvalue weighted by molar-refractivity contribution is 0.0648. The zero-order valence-corrected chi connectivity index (χ0v) is 38.6. The number of benzene rings is 2. The number of phenols is 2. The van der Waals surface area contributed by atoms with Crippen molar-refractivity contribution in [1.82, 2.24) is 0 Å². The van der Waals surface area contributed by atoms with E-state index in [-0.39, 0.29) is 69.0 Å². The third-order valence-corrected chi connectivity index (χ3v) is 5.98. The molecule has 2 rings (SSSR count). The van der Waals surface area contributed by atoms with E-state index >= 15 is 0 Å². The van der Waals surface area contributed by atoms with E-state index in [9.17, 15) is 10.2 Å². The maximum Gasteiger partial charge on any atom is 0.219 e. The van der Waals surface area contributed by atoms with E-state index in [0.717, 1.165) is 0 Å². The first-order valence-corrected chi connectivity index (χ1v) is 19.1. The van der Waals surface area contributed by atoms with Gasteiger partial charge in [0.05, 0.1) is 0 Å². The lowest BCUT2D eigenvalue weighted by atomic mass is 10.1. The summed E-state index contributed by atoms with van der Waals surface area (Å²) in [5.74, 6) is -0.781. The van der Waals surface area contributed by atoms with Gasteiger partial charge in [-0.2, -0.15) is 0 Å². The van der Waals surface area contributed by atoms with Gasteiger partial charge in [-0.1, -0.05) is 0 Å². The third kappa shape index (κ3) is 15.0. The predicted octanol–water partition coefficient (Wildman–Crippen LogP) is 12.3. The fourth-order valence-corrected chi connectivity index (χ4v) is 4.74. The van der Waals surface area contributed by atoms with Crippen LogP contribution >= 0.6 is 0 Å². The van der Waals surface area contributed by atoms with Crippen LogP contribution in [0.15, 0.2) is 0 Å². The Morgan fingerprint density at radius 1 is 0.218 bits per heavy atom. The molecule has 2 N–H and O–H groups in total. The van der Waals surface area contributed by atoms with Crippen LogP contribution in [0.1, 0.15) is 166 Å². The van der Waals surface area contributed by atoms with Gasteiger partial charge >= 0.3 is 0 Å². The molecule has 0 aliphatic heterocycles. The molecule has 0 amide bonds. The zero-order valence-electron chi connectivity index (χ0n) is 38.6. The molecule has 55 heavy (non-hydrogen) atoms. The molecule has 0 aromatic heterocycles. The number of phenolic OH excluding ortho intramolecular Hbond substituents is 2. The molecule has 316 valence electrons. The van der Waals surface area contributed by atoms with Crippen molar-refractivity contribution >= 4 is 0 Å². The SMILES string of the molecule is CC(C)(C)Oc1c(O)c(OC(C)(C)C)c(OC(C)(C)C)c(Oc2c(OC(C)(C)C)c(OC(C)(C)C)c(O)c(OC(C)(C)C)c2OC(C)(C)C)c1OC(C)(C)C. The van der Waals surface area contributed by atoms with E-state index in [4.69, 9.17) is 42.6 Å². The van der Waals surface area contributed by atoms with Gasteiger partial charge in [-0.3, -0.25) is 0 Å². The molecule has 0 aliphatic carbocycles. The number of rotatable bonds is 10. The van der Waals surface area contributed by atoms with E-state index in [1.165, 1.54) is 0 Å². The van der Waals surface area contributed by atoms with Crippen molar-refractivity contribution < 1.29 is 52.8 Å². The summed E-state index contributed by atoms with van der Waals surface area (Å²) in [6.45, 7) is 44.7. The van der Waals surface area contributed by atoms with Gasteiger partial charge in [-0.15, -0.1) is 0 Å². The van der Waals surface area contributed by atoms with Crippen LogP contribution in [0.3, 0.4) is 0 Å². The first-order valence-electron chi connectivity index (χ1n) is 19.1. The molecule has 0 bridgehead atoms. The van der Waals surface area contributed by atoms with Crippen LogP contribution in [0, 0.1) is 0 Å². The Bertz CT molecular complexity index is 1410. The van der Waals surface area contributed by atoms with Gasteiger partial charge in [0.1, 0.15) is 44.8 Å². The Morgan fingerprint density at radius 2 is 0.345 bits per heavy atom. The van der Waals surface area contributed by atoms with Gasteiger partial charge in [0.25, 0.3) is 0 Å². The Morgan fingerprint density at radius 3 is 0.473 bits per heavy atom. The summed E-state index contributed by atoms with van der Waals surface area (Å²) >= 11 is 0. The molecular formula is C44H74O11. The molecule has 0 aliphatic rings. The maximum absolute atomic E-state index is 12.2. The standard InChI is InChI=1S/C44H74O11/c1-37(2,3)48-27-25(45)28(49-38(4,5)6)34(53-42(16,17)18)31(33(27)52-41(13,14)15)47-32-35(54-43(19,20)21)29(50-39(7,8)9)26(46)30(51-40(10,11)12)36(32)55-44(22,23)24/h45-46H,1-24H3. The van der Waals surface area contributed by atoms with Gasteiger partial charge in [-0.05, 0) is 166 Å². The second kappa shape index (κ2) is 15.3. The van der Waals surface area contributed by atoms with Crippen LogP contribution in [0.4, 0.5) is 0 Å². The second-order valence-electron chi connectivity index (χ2n) is 21.8. The summed E-state index contributed by atoms with van der Waals surface area (Å²) in [5.41, 5.74) is -6.69. The Kier molecular flexibility index (Phi) is 13.2. The molecule has 2 aromatic rings. The minimum absolute atomic E-state index is 0.0206. The lowest BCUT2D eigenvalue weighted by Gasteiger charge is -2.35. The maximum atomic E-state index is 12.2. The first kappa shape index (κ1) is 47.4. The average molecular weight is 779 g/mol. The largest absolute Gasteiger partial charge is 0.501 e. The summed E-state index contributed by atoms with van der Waals surface area (Å²) in [6.07, 6.45) is 0. The van der Waals surface area contributed by atoms with E-state index in [2.05, 4.69) is 0 Å². The van der Waals surface area contributed by atoms with Gasteiger partial charge < -0.3 is 52.8 Å². The van der Waals surface area contributed by atoms with Crippen LogP contribution in [0.2, 0.25) is 0 Å². The van der Waals surface area contributed by atoms with Crippen LogP contribution in [0.25, 0.3) is 0 Å². The second-order valence-corrected chi connectivity index (χ2v) is 21.8. The van der Waals surface area contributed by atoms with Crippen molar-refractivity contribution in [3.63, 3.8) is 0 Å². The highest BCUT2D eigenvalue weighted by atomic mass is 16.6. The van der Waals surface area contributed by atoms with E-state index in [0.29, 0.717) is 0 Å². The van der Waals surface area contributed by atoms with E-state index in [1.54, 1.807) is 0 Å². The normalized spacial score (nSPS) is 13.6. The molecule has 11 heteroatoms. The molecule has 0 heterocycles. The lowest BCUT2D eigenvalue weighted by Crippen LogP contribution is -2.30. The molecule has 0 spiro atoms. The van der Waals surface area contributed by atoms with Gasteiger partial charge in [0, 0.05) is 0 Å². The first-order chi connectivity index (χ1) is 24.1. The summed E-state index contributed by atoms with van der Waals surface area (Å²) in [4.78, 5) is 0. The number of ether oxygens (including phenoxy) is 9. The van der Waals surface area contributed by atoms with Crippen molar-refractivity contribution in [2.45, 2.75) is 211 Å². The average Bonchev–Trinajstić information content (AvgIpc) is 2.87. The highest BCUT2D eigenvalue weighted by Gasteiger charge is 2.42. The Hall–Kier alpha value is -3.76. The Labute approximate surface area is 332 Å². The van der Waals surface area contributed by atoms with Gasteiger partial charge in [0.15, 0.2) is 0 Å². The summed E-state index contributed by atoms with van der Waals surface area (Å²) < 4.78 is 60.0. The minimum Gasteiger partial charge on any atom is -0.501 e. The number of hydrogen-bond donors (Lipinski definition) is 2. The quantitative estimate of drug-likeness (QED) is 0.239. The molecule has 0 atom stereocenters. The summed E-state index contributed by atoms with van der Waals surface area (Å²) in [7, 11) is 0. The van der Waals surface area contributed by atoms with Crippen LogP contribution in [0.5, 0.6) is 69.0 Å². The molecule has 2 aromatic carbocycles. The van der Waals surface area contributed by atoms with Crippen molar-refractivity contribution in [2.75, 3.05) is 0 Å². The van der Waals surface area contributed by atoms with Crippen LogP contribution < -0.4 is 42.6 Å². The van der Waals surface area contributed by atoms with Gasteiger partial charge in [0.2, 0.25) is 69.0 Å². The van der Waals surface area contributed by atoms with Crippen LogP contribution in [-0.2, 0) is 0 Å². The Balaban J connectivity index is 3.60. The molecule has 0 radical (unpaired) electrons. The van der Waals surface area contributed by atoms with Crippen LogP contribution in [-0.4, -0.2) is 55.0 Å². The highest BCUT2D eigenvalue weighted by molar-refractivity contribution is 5.78. The fourth-order valence-electron chi connectivity index (χ4n) is 4.74. The molecule has 0 saturated heterocycles. The molecular weight excluding hydrogens is 704 g/mol. The fraction of sp³-hybridized carbons (Fsp3) is 0.727. The van der Waals surface area contributed by atoms with Crippen molar-refractivity contribution in [2.24, 2.45) is 0 Å². The third-order valence-electron chi connectivity index (χ3n) is 5.98. The molecule has 0 unspecified atom stereocenters. The van der Waals surface area contributed by atoms with Crippen molar-refractivity contribution in [3.8, 4) is 69.0 Å². The van der Waals surface area contributed by atoms with E-state index < -0.39 is 44.8 Å². The summed E-state index contributed by atoms with van der Waals surface area (Å²) in [5, 5.41) is 24.3. The molecule has 0 fully saturated rings. The zero-order chi connectivity index (χ0) is 43.3. The topological polar surface area (TPSA) is 124 Å². The smallest absolute Gasteiger partial charge is 0.219 e. The number of aromatic hydroxyl groups is 2. The van der Waals surface area contributed by atoms with Crippen molar-refractivity contribution in [3.05, 3.63) is 0 Å². The minimum atomic E-state index is -0.850. The van der Waals surface area contributed by atoms with Crippen molar-refractivity contribution in [1.29, 1.82) is 0 Å². The van der Waals surface area contributed by atoms with Gasteiger partial charge in [-0.25, -0.2) is 0 Å². The van der Waals surface area contributed by atoms with E-state index in [1.807, 2.05) is 166 Å².